The monoisotopic (exact) mass is 404 g/mol. The van der Waals surface area contributed by atoms with E-state index in [2.05, 4.69) is 36.1 Å². The third kappa shape index (κ3) is 3.95. The van der Waals surface area contributed by atoms with E-state index >= 15 is 0 Å². The molecule has 5 nitrogen and oxygen atoms in total. The first-order valence-corrected chi connectivity index (χ1v) is 12.0. The highest BCUT2D eigenvalue weighted by Gasteiger charge is 2.34. The first-order chi connectivity index (χ1) is 12.9. The quantitative estimate of drug-likeness (QED) is 0.789. The van der Waals surface area contributed by atoms with Crippen LogP contribution in [0.1, 0.15) is 21.7 Å². The van der Waals surface area contributed by atoms with Gasteiger partial charge in [0, 0.05) is 37.8 Å². The van der Waals surface area contributed by atoms with Crippen LogP contribution in [-0.4, -0.2) is 67.9 Å². The van der Waals surface area contributed by atoms with Crippen molar-refractivity contribution in [3.63, 3.8) is 0 Å². The lowest BCUT2D eigenvalue weighted by Crippen LogP contribution is -2.52. The molecule has 2 saturated heterocycles. The van der Waals surface area contributed by atoms with Gasteiger partial charge in [0.2, 0.25) is 0 Å². The molecule has 0 radical (unpaired) electrons. The van der Waals surface area contributed by atoms with Crippen LogP contribution >= 0.6 is 11.3 Å². The van der Waals surface area contributed by atoms with E-state index in [-0.39, 0.29) is 17.7 Å². The second-order valence-corrected chi connectivity index (χ2v) is 10.6. The van der Waals surface area contributed by atoms with Crippen molar-refractivity contribution < 1.29 is 13.2 Å². The number of sulfone groups is 1. The second kappa shape index (κ2) is 7.37. The first-order valence-electron chi connectivity index (χ1n) is 9.31. The standard InChI is InChI=1S/C20H24N2O3S2/c1-15-2-4-16(5-3-15)18-6-12-26-19(18)20(23)22-10-8-21(9-11-22)17-7-13-27(24,25)14-17/h2-6,12,17H,7-11,13-14H2,1H3/t17-/m0/s1. The number of nitrogens with zero attached hydrogens (tertiary/aromatic N) is 2. The van der Waals surface area contributed by atoms with Gasteiger partial charge < -0.3 is 4.90 Å². The molecule has 1 aromatic carbocycles. The van der Waals surface area contributed by atoms with Crippen LogP contribution in [0.15, 0.2) is 35.7 Å². The molecule has 0 saturated carbocycles. The molecule has 0 aliphatic carbocycles. The van der Waals surface area contributed by atoms with Crippen LogP contribution in [0.2, 0.25) is 0 Å². The topological polar surface area (TPSA) is 57.7 Å². The van der Waals surface area contributed by atoms with Gasteiger partial charge in [-0.3, -0.25) is 9.69 Å². The molecule has 1 amide bonds. The average molecular weight is 405 g/mol. The highest BCUT2D eigenvalue weighted by Crippen LogP contribution is 2.30. The lowest BCUT2D eigenvalue weighted by Gasteiger charge is -2.37. The molecule has 7 heteroatoms. The maximum atomic E-state index is 13.1. The van der Waals surface area contributed by atoms with Crippen molar-refractivity contribution in [3.05, 3.63) is 46.2 Å². The predicted molar refractivity (Wildman–Crippen MR) is 109 cm³/mol. The molecule has 4 rings (SSSR count). The van der Waals surface area contributed by atoms with Gasteiger partial charge in [-0.15, -0.1) is 11.3 Å². The van der Waals surface area contributed by atoms with Crippen molar-refractivity contribution in [2.24, 2.45) is 0 Å². The minimum Gasteiger partial charge on any atom is -0.335 e. The smallest absolute Gasteiger partial charge is 0.264 e. The number of hydrogen-bond donors (Lipinski definition) is 0. The summed E-state index contributed by atoms with van der Waals surface area (Å²) in [5, 5.41) is 1.97. The summed E-state index contributed by atoms with van der Waals surface area (Å²) in [6, 6.07) is 10.4. The Balaban J connectivity index is 1.43. The maximum Gasteiger partial charge on any atom is 0.264 e. The molecule has 0 N–H and O–H groups in total. The summed E-state index contributed by atoms with van der Waals surface area (Å²) in [6.45, 7) is 4.86. The Morgan fingerprint density at radius 2 is 1.78 bits per heavy atom. The SMILES string of the molecule is Cc1ccc(-c2ccsc2C(=O)N2CCN([C@H]3CCS(=O)(=O)C3)CC2)cc1. The number of carbonyl (C=O) groups excluding carboxylic acids is 1. The van der Waals surface area contributed by atoms with Crippen molar-refractivity contribution in [3.8, 4) is 11.1 Å². The molecule has 2 aromatic rings. The van der Waals surface area contributed by atoms with Gasteiger partial charge in [0.15, 0.2) is 9.84 Å². The van der Waals surface area contributed by atoms with E-state index in [4.69, 9.17) is 0 Å². The van der Waals surface area contributed by atoms with E-state index in [1.807, 2.05) is 16.3 Å². The molecule has 3 heterocycles. The largest absolute Gasteiger partial charge is 0.335 e. The van der Waals surface area contributed by atoms with Crippen molar-refractivity contribution in [2.75, 3.05) is 37.7 Å². The van der Waals surface area contributed by atoms with Crippen molar-refractivity contribution in [2.45, 2.75) is 19.4 Å². The van der Waals surface area contributed by atoms with Gasteiger partial charge in [-0.1, -0.05) is 29.8 Å². The molecule has 2 aliphatic heterocycles. The Hall–Kier alpha value is -1.70. The number of piperazine rings is 1. The summed E-state index contributed by atoms with van der Waals surface area (Å²) >= 11 is 1.49. The van der Waals surface area contributed by atoms with E-state index in [0.29, 0.717) is 18.8 Å². The number of hydrogen-bond acceptors (Lipinski definition) is 5. The first kappa shape index (κ1) is 18.7. The third-order valence-corrected chi connectivity index (χ3v) is 8.20. The van der Waals surface area contributed by atoms with Gasteiger partial charge in [-0.25, -0.2) is 8.42 Å². The fourth-order valence-electron chi connectivity index (χ4n) is 3.93. The Kier molecular flexibility index (Phi) is 5.09. The molecule has 2 aliphatic rings. The van der Waals surface area contributed by atoms with Gasteiger partial charge in [-0.2, -0.15) is 0 Å². The lowest BCUT2D eigenvalue weighted by atomic mass is 10.0. The molecule has 0 spiro atoms. The minimum atomic E-state index is -2.87. The highest BCUT2D eigenvalue weighted by atomic mass is 32.2. The number of rotatable bonds is 3. The summed E-state index contributed by atoms with van der Waals surface area (Å²) in [5.74, 6) is 0.647. The van der Waals surface area contributed by atoms with E-state index in [9.17, 15) is 13.2 Å². The summed E-state index contributed by atoms with van der Waals surface area (Å²) in [4.78, 5) is 18.0. The lowest BCUT2D eigenvalue weighted by molar-refractivity contribution is 0.0593. The van der Waals surface area contributed by atoms with Crippen LogP contribution in [0.3, 0.4) is 0 Å². The zero-order chi connectivity index (χ0) is 19.0. The van der Waals surface area contributed by atoms with Gasteiger partial charge in [0.25, 0.3) is 5.91 Å². The third-order valence-electron chi connectivity index (χ3n) is 5.55. The van der Waals surface area contributed by atoms with E-state index in [1.54, 1.807) is 0 Å². The van der Waals surface area contributed by atoms with Crippen LogP contribution in [0.25, 0.3) is 11.1 Å². The second-order valence-electron chi connectivity index (χ2n) is 7.41. The summed E-state index contributed by atoms with van der Waals surface area (Å²) in [6.07, 6.45) is 0.721. The zero-order valence-corrected chi connectivity index (χ0v) is 17.1. The van der Waals surface area contributed by atoms with E-state index in [0.717, 1.165) is 35.5 Å². The van der Waals surface area contributed by atoms with Gasteiger partial charge in [0.05, 0.1) is 16.4 Å². The Bertz CT molecular complexity index is 926. The normalized spacial score (nSPS) is 22.9. The molecule has 0 unspecified atom stereocenters. The predicted octanol–water partition coefficient (Wildman–Crippen LogP) is 2.67. The Morgan fingerprint density at radius 3 is 2.41 bits per heavy atom. The molecule has 1 atom stereocenters. The number of thiophene rings is 1. The van der Waals surface area contributed by atoms with E-state index in [1.165, 1.54) is 16.9 Å². The number of aryl methyl sites for hydroxylation is 1. The van der Waals surface area contributed by atoms with Gasteiger partial charge >= 0.3 is 0 Å². The van der Waals surface area contributed by atoms with Crippen LogP contribution in [0.4, 0.5) is 0 Å². The van der Waals surface area contributed by atoms with Crippen LogP contribution < -0.4 is 0 Å². The highest BCUT2D eigenvalue weighted by molar-refractivity contribution is 7.91. The molecule has 0 bridgehead atoms. The molecule has 27 heavy (non-hydrogen) atoms. The van der Waals surface area contributed by atoms with Gasteiger partial charge in [-0.05, 0) is 30.4 Å². The number of carbonyl (C=O) groups is 1. The Morgan fingerprint density at radius 1 is 1.07 bits per heavy atom. The minimum absolute atomic E-state index is 0.0827. The Labute approximate surface area is 164 Å². The molecule has 2 fully saturated rings. The van der Waals surface area contributed by atoms with Crippen molar-refractivity contribution in [1.82, 2.24) is 9.80 Å². The van der Waals surface area contributed by atoms with E-state index < -0.39 is 9.84 Å². The zero-order valence-electron chi connectivity index (χ0n) is 15.4. The average Bonchev–Trinajstić information content (AvgIpc) is 3.28. The summed E-state index contributed by atoms with van der Waals surface area (Å²) in [5.41, 5.74) is 3.27. The van der Waals surface area contributed by atoms with Gasteiger partial charge in [0.1, 0.15) is 0 Å². The maximum absolute atomic E-state index is 13.1. The molecule has 144 valence electrons. The van der Waals surface area contributed by atoms with Crippen molar-refractivity contribution in [1.29, 1.82) is 0 Å². The molecular formula is C20H24N2O3S2. The fourth-order valence-corrected chi connectivity index (χ4v) is 6.58. The van der Waals surface area contributed by atoms with Crippen LogP contribution in [0.5, 0.6) is 0 Å². The number of amides is 1. The molecule has 1 aromatic heterocycles. The summed E-state index contributed by atoms with van der Waals surface area (Å²) < 4.78 is 23.4. The van der Waals surface area contributed by atoms with Crippen LogP contribution in [-0.2, 0) is 9.84 Å². The molecular weight excluding hydrogens is 380 g/mol. The number of benzene rings is 1. The summed E-state index contributed by atoms with van der Waals surface area (Å²) in [7, 11) is -2.87. The fraction of sp³-hybridized carbons (Fsp3) is 0.450. The van der Waals surface area contributed by atoms with Crippen LogP contribution in [0, 0.1) is 6.92 Å². The van der Waals surface area contributed by atoms with Crippen molar-refractivity contribution >= 4 is 27.1 Å².